The van der Waals surface area contributed by atoms with Crippen molar-refractivity contribution in [3.63, 3.8) is 0 Å². The summed E-state index contributed by atoms with van der Waals surface area (Å²) in [6.45, 7) is 0. The van der Waals surface area contributed by atoms with Crippen molar-refractivity contribution in [2.75, 3.05) is 7.11 Å². The third kappa shape index (κ3) is 1.00. The molecule has 0 radical (unpaired) electrons. The Morgan fingerprint density at radius 3 is 2.19 bits per heavy atom. The second kappa shape index (κ2) is 2.99. The summed E-state index contributed by atoms with van der Waals surface area (Å²) in [6, 6.07) is 0. The van der Waals surface area contributed by atoms with Crippen LogP contribution in [0.4, 0.5) is 0 Å². The van der Waals surface area contributed by atoms with Gasteiger partial charge in [0.15, 0.2) is 0 Å². The minimum Gasteiger partial charge on any atom is -0.481 e. The van der Waals surface area contributed by atoms with Gasteiger partial charge in [-0.15, -0.1) is 0 Å². The molecule has 1 N–H and O–H groups in total. The molecule has 0 aromatic rings. The van der Waals surface area contributed by atoms with Crippen LogP contribution in [0.2, 0.25) is 0 Å². The molecule has 4 atom stereocenters. The molecule has 0 heterocycles. The lowest BCUT2D eigenvalue weighted by molar-refractivity contribution is -0.158. The van der Waals surface area contributed by atoms with E-state index in [1.54, 1.807) is 0 Å². The first-order valence-electron chi connectivity index (χ1n) is 5.92. The van der Waals surface area contributed by atoms with Crippen LogP contribution in [0.3, 0.4) is 0 Å². The lowest BCUT2D eigenvalue weighted by Crippen LogP contribution is -2.35. The molecule has 3 rings (SSSR count). The summed E-state index contributed by atoms with van der Waals surface area (Å²) in [5.74, 6) is -1.51. The topological polar surface area (TPSA) is 63.6 Å². The zero-order valence-corrected chi connectivity index (χ0v) is 9.31. The number of hydrogen-bond acceptors (Lipinski definition) is 3. The molecule has 16 heavy (non-hydrogen) atoms. The molecule has 3 aliphatic carbocycles. The zero-order chi connectivity index (χ0) is 11.5. The zero-order valence-electron chi connectivity index (χ0n) is 9.31. The molecule has 0 unspecified atom stereocenters. The van der Waals surface area contributed by atoms with E-state index in [1.807, 2.05) is 0 Å². The summed E-state index contributed by atoms with van der Waals surface area (Å²) in [4.78, 5) is 23.1. The highest BCUT2D eigenvalue weighted by molar-refractivity contribution is 5.83. The fourth-order valence-corrected chi connectivity index (χ4v) is 4.44. The van der Waals surface area contributed by atoms with Crippen molar-refractivity contribution in [3.05, 3.63) is 0 Å². The average molecular weight is 224 g/mol. The van der Waals surface area contributed by atoms with E-state index in [0.717, 1.165) is 25.7 Å². The number of carbonyl (C=O) groups excluding carboxylic acids is 1. The molecule has 4 nitrogen and oxygen atoms in total. The van der Waals surface area contributed by atoms with Crippen molar-refractivity contribution in [2.24, 2.45) is 29.1 Å². The number of rotatable bonds is 2. The number of ether oxygens (including phenoxy) is 1. The van der Waals surface area contributed by atoms with E-state index in [9.17, 15) is 14.7 Å². The minimum absolute atomic E-state index is 0.196. The van der Waals surface area contributed by atoms with Gasteiger partial charge in [0.1, 0.15) is 0 Å². The smallest absolute Gasteiger partial charge is 0.309 e. The van der Waals surface area contributed by atoms with Gasteiger partial charge < -0.3 is 9.84 Å². The highest BCUT2D eigenvalue weighted by Gasteiger charge is 2.72. The van der Waals surface area contributed by atoms with Gasteiger partial charge in [-0.1, -0.05) is 0 Å². The van der Waals surface area contributed by atoms with Gasteiger partial charge >= 0.3 is 11.9 Å². The van der Waals surface area contributed by atoms with Crippen LogP contribution in [0, 0.1) is 29.1 Å². The van der Waals surface area contributed by atoms with Gasteiger partial charge in [-0.3, -0.25) is 9.59 Å². The second-order valence-electron chi connectivity index (χ2n) is 5.44. The normalized spacial score (nSPS) is 42.3. The predicted molar refractivity (Wildman–Crippen MR) is 54.5 cm³/mol. The van der Waals surface area contributed by atoms with Crippen molar-refractivity contribution >= 4 is 11.9 Å². The molecule has 0 aliphatic heterocycles. The molecule has 4 heteroatoms. The van der Waals surface area contributed by atoms with E-state index in [4.69, 9.17) is 4.74 Å². The van der Waals surface area contributed by atoms with Gasteiger partial charge in [-0.05, 0) is 42.9 Å². The van der Waals surface area contributed by atoms with Crippen molar-refractivity contribution in [1.29, 1.82) is 0 Å². The van der Waals surface area contributed by atoms with Crippen molar-refractivity contribution in [2.45, 2.75) is 25.7 Å². The lowest BCUT2D eigenvalue weighted by atomic mass is 9.79. The van der Waals surface area contributed by atoms with Crippen LogP contribution >= 0.6 is 0 Å². The highest BCUT2D eigenvalue weighted by atomic mass is 16.5. The monoisotopic (exact) mass is 224 g/mol. The third-order valence-electron chi connectivity index (χ3n) is 5.11. The number of methoxy groups -OCH3 is 1. The number of carboxylic acid groups (broad SMARTS) is 1. The first-order chi connectivity index (χ1) is 7.62. The maximum absolute atomic E-state index is 11.7. The molecule has 3 saturated carbocycles. The Balaban J connectivity index is 1.97. The molecule has 1 spiro atoms. The van der Waals surface area contributed by atoms with Crippen LogP contribution in [-0.2, 0) is 14.3 Å². The molecule has 0 amide bonds. The van der Waals surface area contributed by atoms with Crippen molar-refractivity contribution in [3.8, 4) is 0 Å². The number of esters is 1. The number of aliphatic carboxylic acids is 1. The van der Waals surface area contributed by atoms with Crippen LogP contribution in [-0.4, -0.2) is 24.2 Å². The Hall–Kier alpha value is -1.06. The average Bonchev–Trinajstić information content (AvgIpc) is 2.92. The standard InChI is InChI=1S/C12H16O4/c1-16-11(15)9-7-3-2-6(8(9)10(13)14)12(7)4-5-12/h6-9H,2-5H2,1H3,(H,13,14)/t6-,7-,8+,9-/m1/s1. The first kappa shape index (κ1) is 10.1. The number of carbonyl (C=O) groups is 2. The maximum atomic E-state index is 11.7. The summed E-state index contributed by atoms with van der Waals surface area (Å²) in [5, 5.41) is 9.30. The van der Waals surface area contributed by atoms with Gasteiger partial charge in [-0.25, -0.2) is 0 Å². The molecule has 2 bridgehead atoms. The van der Waals surface area contributed by atoms with Crippen LogP contribution in [0.1, 0.15) is 25.7 Å². The summed E-state index contributed by atoms with van der Waals surface area (Å²) in [7, 11) is 1.35. The lowest BCUT2D eigenvalue weighted by Gasteiger charge is -2.25. The van der Waals surface area contributed by atoms with E-state index >= 15 is 0 Å². The quantitative estimate of drug-likeness (QED) is 0.718. The predicted octanol–water partition coefficient (Wildman–Crippen LogP) is 1.30. The molecule has 0 saturated heterocycles. The van der Waals surface area contributed by atoms with Crippen LogP contribution in [0.15, 0.2) is 0 Å². The van der Waals surface area contributed by atoms with E-state index in [0.29, 0.717) is 0 Å². The molecule has 3 fully saturated rings. The molecular weight excluding hydrogens is 208 g/mol. The van der Waals surface area contributed by atoms with E-state index < -0.39 is 11.9 Å². The summed E-state index contributed by atoms with van der Waals surface area (Å²) < 4.78 is 4.79. The van der Waals surface area contributed by atoms with E-state index in [2.05, 4.69) is 0 Å². The Labute approximate surface area is 94.0 Å². The van der Waals surface area contributed by atoms with Crippen LogP contribution < -0.4 is 0 Å². The van der Waals surface area contributed by atoms with Gasteiger partial charge in [0, 0.05) is 0 Å². The summed E-state index contributed by atoms with van der Waals surface area (Å²) in [5.41, 5.74) is 0.196. The maximum Gasteiger partial charge on any atom is 0.309 e. The fraction of sp³-hybridized carbons (Fsp3) is 0.833. The van der Waals surface area contributed by atoms with Crippen LogP contribution in [0.25, 0.3) is 0 Å². The Morgan fingerprint density at radius 2 is 1.75 bits per heavy atom. The second-order valence-corrected chi connectivity index (χ2v) is 5.44. The molecule has 0 aromatic heterocycles. The SMILES string of the molecule is COC(=O)[C@H]1[C@@H](C(=O)O)[C@H]2CC[C@H]1C21CC1. The van der Waals surface area contributed by atoms with Crippen molar-refractivity contribution in [1.82, 2.24) is 0 Å². The van der Waals surface area contributed by atoms with Gasteiger partial charge in [0.25, 0.3) is 0 Å². The molecule has 0 aromatic carbocycles. The Bertz CT molecular complexity index is 358. The van der Waals surface area contributed by atoms with Crippen molar-refractivity contribution < 1.29 is 19.4 Å². The summed E-state index contributed by atoms with van der Waals surface area (Å²) >= 11 is 0. The molecular formula is C12H16O4. The number of hydrogen-bond donors (Lipinski definition) is 1. The van der Waals surface area contributed by atoms with Gasteiger partial charge in [-0.2, -0.15) is 0 Å². The first-order valence-corrected chi connectivity index (χ1v) is 5.92. The summed E-state index contributed by atoms with van der Waals surface area (Å²) in [6.07, 6.45) is 4.21. The Morgan fingerprint density at radius 1 is 1.19 bits per heavy atom. The largest absolute Gasteiger partial charge is 0.481 e. The van der Waals surface area contributed by atoms with Gasteiger partial charge in [0.2, 0.25) is 0 Å². The highest BCUT2D eigenvalue weighted by Crippen LogP contribution is 2.74. The van der Waals surface area contributed by atoms with Gasteiger partial charge in [0.05, 0.1) is 18.9 Å². The van der Waals surface area contributed by atoms with Crippen LogP contribution in [0.5, 0.6) is 0 Å². The fourth-order valence-electron chi connectivity index (χ4n) is 4.44. The van der Waals surface area contributed by atoms with E-state index in [-0.39, 0.29) is 29.1 Å². The molecule has 88 valence electrons. The minimum atomic E-state index is -0.811. The number of carboxylic acids is 1. The third-order valence-corrected chi connectivity index (χ3v) is 5.11. The molecule has 3 aliphatic rings. The van der Waals surface area contributed by atoms with E-state index in [1.165, 1.54) is 7.11 Å². The Kier molecular flexibility index (Phi) is 1.89.